The average molecular weight is 359 g/mol. The van der Waals surface area contributed by atoms with E-state index in [0.717, 1.165) is 68.7 Å². The number of halogens is 1. The van der Waals surface area contributed by atoms with Crippen LogP contribution in [0.1, 0.15) is 31.2 Å². The van der Waals surface area contributed by atoms with Crippen LogP contribution in [0.25, 0.3) is 10.9 Å². The van der Waals surface area contributed by atoms with Gasteiger partial charge in [-0.25, -0.2) is 9.37 Å². The predicted molar refractivity (Wildman–Crippen MR) is 99.8 cm³/mol. The summed E-state index contributed by atoms with van der Waals surface area (Å²) in [5.74, 6) is 0.629. The van der Waals surface area contributed by atoms with Crippen molar-refractivity contribution in [3.05, 3.63) is 35.6 Å². The second-order valence-electron chi connectivity index (χ2n) is 7.29. The molecule has 2 fully saturated rings. The maximum atomic E-state index is 13.6. The molecule has 1 aromatic heterocycles. The molecule has 0 aliphatic carbocycles. The number of anilines is 1. The van der Waals surface area contributed by atoms with E-state index in [1.165, 1.54) is 12.1 Å². The lowest BCUT2D eigenvalue weighted by Crippen LogP contribution is -2.37. The van der Waals surface area contributed by atoms with E-state index in [1.54, 1.807) is 6.07 Å². The highest BCUT2D eigenvalue weighted by molar-refractivity contribution is 5.82. The smallest absolute Gasteiger partial charge is 0.133 e. The van der Waals surface area contributed by atoms with Crippen LogP contribution in [0.2, 0.25) is 0 Å². The van der Waals surface area contributed by atoms with Crippen molar-refractivity contribution in [1.29, 1.82) is 0 Å². The van der Waals surface area contributed by atoms with Crippen LogP contribution < -0.4 is 10.2 Å². The molecule has 3 heterocycles. The van der Waals surface area contributed by atoms with Gasteiger partial charge in [-0.05, 0) is 43.9 Å². The van der Waals surface area contributed by atoms with Crippen LogP contribution >= 0.6 is 0 Å². The Balaban J connectivity index is 1.57. The van der Waals surface area contributed by atoms with E-state index in [1.807, 2.05) is 0 Å². The molecule has 2 aliphatic rings. The highest BCUT2D eigenvalue weighted by atomic mass is 19.1. The van der Waals surface area contributed by atoms with E-state index in [0.29, 0.717) is 18.2 Å². The standard InChI is InChI=1S/C20H26FN3O2/c21-16-4-3-14-10-15(12-22-13-18-2-1-9-26-18)20(23-19(14)11-16)24-7-5-17(25)6-8-24/h3-4,10-11,17-18,22,25H,1-2,5-9,12-13H2. The van der Waals surface area contributed by atoms with Gasteiger partial charge in [0, 0.05) is 49.8 Å². The predicted octanol–water partition coefficient (Wildman–Crippen LogP) is 2.60. The molecule has 1 unspecified atom stereocenters. The first-order chi connectivity index (χ1) is 12.7. The Bertz CT molecular complexity index is 756. The quantitative estimate of drug-likeness (QED) is 0.859. The van der Waals surface area contributed by atoms with Crippen molar-refractivity contribution in [2.75, 3.05) is 31.1 Å². The molecule has 0 radical (unpaired) electrons. The number of hydrogen-bond donors (Lipinski definition) is 2. The number of piperidine rings is 1. The minimum absolute atomic E-state index is 0.231. The van der Waals surface area contributed by atoms with Crippen LogP contribution in [0.15, 0.2) is 24.3 Å². The zero-order valence-corrected chi connectivity index (χ0v) is 15.0. The van der Waals surface area contributed by atoms with Crippen molar-refractivity contribution in [2.24, 2.45) is 0 Å². The molecule has 1 atom stereocenters. The molecule has 4 rings (SSSR count). The van der Waals surface area contributed by atoms with Gasteiger partial charge in [-0.15, -0.1) is 0 Å². The second-order valence-corrected chi connectivity index (χ2v) is 7.29. The molecule has 2 aliphatic heterocycles. The Morgan fingerprint density at radius 3 is 2.85 bits per heavy atom. The fraction of sp³-hybridized carbons (Fsp3) is 0.550. The Morgan fingerprint density at radius 2 is 2.08 bits per heavy atom. The number of rotatable bonds is 5. The van der Waals surface area contributed by atoms with Gasteiger partial charge in [-0.2, -0.15) is 0 Å². The number of hydrogen-bond acceptors (Lipinski definition) is 5. The molecular formula is C20H26FN3O2. The van der Waals surface area contributed by atoms with E-state index in [9.17, 15) is 9.50 Å². The van der Waals surface area contributed by atoms with E-state index in [2.05, 4.69) is 16.3 Å². The Kier molecular flexibility index (Phi) is 5.33. The van der Waals surface area contributed by atoms with Gasteiger partial charge in [0.05, 0.1) is 17.7 Å². The van der Waals surface area contributed by atoms with Crippen molar-refractivity contribution < 1.29 is 14.2 Å². The topological polar surface area (TPSA) is 57.6 Å². The molecule has 0 saturated carbocycles. The largest absolute Gasteiger partial charge is 0.393 e. The lowest BCUT2D eigenvalue weighted by Gasteiger charge is -2.32. The van der Waals surface area contributed by atoms with Gasteiger partial charge in [0.2, 0.25) is 0 Å². The summed E-state index contributed by atoms with van der Waals surface area (Å²) in [6.07, 6.45) is 3.80. The molecule has 2 aromatic rings. The van der Waals surface area contributed by atoms with Crippen molar-refractivity contribution in [3.8, 4) is 0 Å². The third-order valence-electron chi connectivity index (χ3n) is 5.31. The first-order valence-corrected chi connectivity index (χ1v) is 9.53. The molecule has 5 nitrogen and oxygen atoms in total. The van der Waals surface area contributed by atoms with E-state index >= 15 is 0 Å². The number of nitrogens with zero attached hydrogens (tertiary/aromatic N) is 2. The summed E-state index contributed by atoms with van der Waals surface area (Å²) in [6.45, 7) is 3.94. The van der Waals surface area contributed by atoms with E-state index in [-0.39, 0.29) is 11.9 Å². The van der Waals surface area contributed by atoms with Gasteiger partial charge in [0.15, 0.2) is 0 Å². The number of aliphatic hydroxyl groups excluding tert-OH is 1. The van der Waals surface area contributed by atoms with Gasteiger partial charge >= 0.3 is 0 Å². The normalized spacial score (nSPS) is 21.6. The molecular weight excluding hydrogens is 333 g/mol. The van der Waals surface area contributed by atoms with E-state index < -0.39 is 0 Å². The average Bonchev–Trinajstić information content (AvgIpc) is 3.15. The first kappa shape index (κ1) is 17.6. The van der Waals surface area contributed by atoms with Crippen molar-refractivity contribution in [1.82, 2.24) is 10.3 Å². The number of pyridine rings is 1. The summed E-state index contributed by atoms with van der Waals surface area (Å²) in [5.41, 5.74) is 1.78. The highest BCUT2D eigenvalue weighted by Gasteiger charge is 2.21. The molecule has 26 heavy (non-hydrogen) atoms. The van der Waals surface area contributed by atoms with Crippen molar-refractivity contribution in [2.45, 2.75) is 44.4 Å². The van der Waals surface area contributed by atoms with Crippen LogP contribution in [0, 0.1) is 5.82 Å². The Labute approximate surface area is 153 Å². The molecule has 0 amide bonds. The van der Waals surface area contributed by atoms with Gasteiger partial charge in [0.1, 0.15) is 11.6 Å². The van der Waals surface area contributed by atoms with E-state index in [4.69, 9.17) is 9.72 Å². The zero-order chi connectivity index (χ0) is 17.9. The molecule has 2 saturated heterocycles. The third kappa shape index (κ3) is 3.98. The fourth-order valence-electron chi connectivity index (χ4n) is 3.83. The lowest BCUT2D eigenvalue weighted by molar-refractivity contribution is 0.110. The van der Waals surface area contributed by atoms with Crippen molar-refractivity contribution >= 4 is 16.7 Å². The minimum atomic E-state index is -0.269. The monoisotopic (exact) mass is 359 g/mol. The Morgan fingerprint density at radius 1 is 1.23 bits per heavy atom. The minimum Gasteiger partial charge on any atom is -0.393 e. The molecule has 2 N–H and O–H groups in total. The molecule has 0 spiro atoms. The van der Waals surface area contributed by atoms with Crippen LogP contribution in [-0.4, -0.2) is 48.5 Å². The summed E-state index contributed by atoms with van der Waals surface area (Å²) in [7, 11) is 0. The number of aromatic nitrogens is 1. The van der Waals surface area contributed by atoms with Gasteiger partial charge < -0.3 is 20.1 Å². The SMILES string of the molecule is OC1CCN(c2nc3cc(F)ccc3cc2CNCC2CCCO2)CC1. The first-order valence-electron chi connectivity index (χ1n) is 9.53. The molecule has 140 valence electrons. The lowest BCUT2D eigenvalue weighted by atomic mass is 10.1. The van der Waals surface area contributed by atoms with Crippen LogP contribution in [0.3, 0.4) is 0 Å². The maximum Gasteiger partial charge on any atom is 0.133 e. The number of aliphatic hydroxyl groups is 1. The molecule has 6 heteroatoms. The number of benzene rings is 1. The third-order valence-corrected chi connectivity index (χ3v) is 5.31. The zero-order valence-electron chi connectivity index (χ0n) is 15.0. The highest BCUT2D eigenvalue weighted by Crippen LogP contribution is 2.27. The Hall–Kier alpha value is -1.76. The fourth-order valence-corrected chi connectivity index (χ4v) is 3.83. The van der Waals surface area contributed by atoms with Crippen LogP contribution in [0.5, 0.6) is 0 Å². The number of nitrogens with one attached hydrogen (secondary N) is 1. The van der Waals surface area contributed by atoms with Gasteiger partial charge in [-0.1, -0.05) is 0 Å². The summed E-state index contributed by atoms with van der Waals surface area (Å²) in [6, 6.07) is 6.85. The van der Waals surface area contributed by atoms with Crippen molar-refractivity contribution in [3.63, 3.8) is 0 Å². The van der Waals surface area contributed by atoms with Gasteiger partial charge in [-0.3, -0.25) is 0 Å². The number of ether oxygens (including phenoxy) is 1. The molecule has 1 aromatic carbocycles. The number of fused-ring (bicyclic) bond motifs is 1. The summed E-state index contributed by atoms with van der Waals surface area (Å²) in [5, 5.41) is 14.2. The summed E-state index contributed by atoms with van der Waals surface area (Å²) in [4.78, 5) is 6.98. The summed E-state index contributed by atoms with van der Waals surface area (Å²) < 4.78 is 19.3. The van der Waals surface area contributed by atoms with Crippen LogP contribution in [-0.2, 0) is 11.3 Å². The molecule has 0 bridgehead atoms. The maximum absolute atomic E-state index is 13.6. The van der Waals surface area contributed by atoms with Gasteiger partial charge in [0.25, 0.3) is 0 Å². The van der Waals surface area contributed by atoms with Crippen LogP contribution in [0.4, 0.5) is 10.2 Å². The summed E-state index contributed by atoms with van der Waals surface area (Å²) >= 11 is 0. The second kappa shape index (κ2) is 7.86.